The molecule has 1 saturated carbocycles. The zero-order chi connectivity index (χ0) is 17.5. The molecule has 0 N–H and O–H groups in total. The molecule has 0 aromatic carbocycles. The van der Waals surface area contributed by atoms with Gasteiger partial charge >= 0.3 is 0 Å². The molecule has 0 radical (unpaired) electrons. The van der Waals surface area contributed by atoms with E-state index >= 15 is 0 Å². The number of nitrogens with zero attached hydrogens (tertiary/aromatic N) is 1. The van der Waals surface area contributed by atoms with Gasteiger partial charge in [0, 0.05) is 18.2 Å². The van der Waals surface area contributed by atoms with Crippen molar-refractivity contribution in [3.8, 4) is 0 Å². The number of carbonyl (C=O) groups is 2. The lowest BCUT2D eigenvalue weighted by molar-refractivity contribution is -0.140. The number of carbonyl (C=O) groups excluding carboxylic acids is 2. The highest BCUT2D eigenvalue weighted by molar-refractivity contribution is 6.13. The van der Waals surface area contributed by atoms with E-state index in [0.717, 1.165) is 12.8 Å². The Balaban J connectivity index is 2.19. The highest BCUT2D eigenvalue weighted by Gasteiger charge is 2.47. The summed E-state index contributed by atoms with van der Waals surface area (Å²) in [6.45, 7) is 6.73. The summed E-state index contributed by atoms with van der Waals surface area (Å²) in [6, 6.07) is 0.135. The summed E-state index contributed by atoms with van der Waals surface area (Å²) >= 11 is 0. The van der Waals surface area contributed by atoms with Crippen molar-refractivity contribution in [2.24, 2.45) is 17.8 Å². The normalized spacial score (nSPS) is 29.9. The smallest absolute Gasteiger partial charge is 0.253 e. The third kappa shape index (κ3) is 4.29. The van der Waals surface area contributed by atoms with Crippen molar-refractivity contribution in [2.45, 2.75) is 91.0 Å². The topological polar surface area (TPSA) is 37.4 Å². The van der Waals surface area contributed by atoms with Crippen LogP contribution in [0.2, 0.25) is 0 Å². The van der Waals surface area contributed by atoms with Crippen molar-refractivity contribution in [1.82, 2.24) is 4.90 Å². The van der Waals surface area contributed by atoms with Crippen LogP contribution in [0, 0.1) is 17.8 Å². The Hall–Kier alpha value is -1.12. The minimum atomic E-state index is -0.0862. The fourth-order valence-corrected chi connectivity index (χ4v) is 4.86. The quantitative estimate of drug-likeness (QED) is 0.521. The molecule has 0 aromatic rings. The Kier molecular flexibility index (Phi) is 7.51. The second-order valence-electron chi connectivity index (χ2n) is 7.70. The number of hydrogen-bond acceptors (Lipinski definition) is 2. The fourth-order valence-electron chi connectivity index (χ4n) is 4.86. The average molecular weight is 334 g/mol. The fraction of sp³-hybridized carbons (Fsp3) is 0.810. The summed E-state index contributed by atoms with van der Waals surface area (Å²) in [4.78, 5) is 26.1. The molecule has 2 aliphatic rings. The van der Waals surface area contributed by atoms with E-state index in [9.17, 15) is 9.59 Å². The number of hydrogen-bond donors (Lipinski definition) is 0. The highest BCUT2D eigenvalue weighted by Crippen LogP contribution is 2.47. The number of imide groups is 1. The van der Waals surface area contributed by atoms with E-state index in [1.54, 1.807) is 4.90 Å². The van der Waals surface area contributed by atoms with Crippen molar-refractivity contribution in [3.05, 3.63) is 12.2 Å². The first kappa shape index (κ1) is 19.2. The SMILES string of the molecule is CCCCC1C[C@H](N2C(=O)C=CC2=O)[C@@H](CCCC)[C@H]1CCCC. The zero-order valence-electron chi connectivity index (χ0n) is 15.8. The van der Waals surface area contributed by atoms with Crippen LogP contribution in [-0.4, -0.2) is 22.8 Å². The maximum absolute atomic E-state index is 12.3. The van der Waals surface area contributed by atoms with Gasteiger partial charge in [-0.2, -0.15) is 0 Å². The molecule has 1 heterocycles. The maximum atomic E-state index is 12.3. The summed E-state index contributed by atoms with van der Waals surface area (Å²) in [6.07, 6.45) is 15.0. The minimum Gasteiger partial charge on any atom is -0.272 e. The van der Waals surface area contributed by atoms with Crippen LogP contribution in [0.1, 0.15) is 85.0 Å². The van der Waals surface area contributed by atoms with Crippen LogP contribution < -0.4 is 0 Å². The van der Waals surface area contributed by atoms with Crippen LogP contribution >= 0.6 is 0 Å². The third-order valence-corrected chi connectivity index (χ3v) is 6.08. The van der Waals surface area contributed by atoms with Gasteiger partial charge in [0.25, 0.3) is 11.8 Å². The zero-order valence-corrected chi connectivity index (χ0v) is 15.8. The van der Waals surface area contributed by atoms with E-state index < -0.39 is 0 Å². The van der Waals surface area contributed by atoms with Crippen LogP contribution in [0.25, 0.3) is 0 Å². The minimum absolute atomic E-state index is 0.0862. The van der Waals surface area contributed by atoms with E-state index in [0.29, 0.717) is 17.8 Å². The molecule has 1 aliphatic carbocycles. The van der Waals surface area contributed by atoms with Crippen molar-refractivity contribution in [2.75, 3.05) is 0 Å². The van der Waals surface area contributed by atoms with E-state index in [1.165, 1.54) is 63.5 Å². The summed E-state index contributed by atoms with van der Waals surface area (Å²) in [7, 11) is 0. The van der Waals surface area contributed by atoms with Gasteiger partial charge < -0.3 is 0 Å². The largest absolute Gasteiger partial charge is 0.272 e. The Morgan fingerprint density at radius 2 is 1.33 bits per heavy atom. The molecule has 0 spiro atoms. The van der Waals surface area contributed by atoms with E-state index in [-0.39, 0.29) is 17.9 Å². The predicted molar refractivity (Wildman–Crippen MR) is 98.4 cm³/mol. The van der Waals surface area contributed by atoms with Gasteiger partial charge in [-0.05, 0) is 37.0 Å². The second kappa shape index (κ2) is 9.39. The van der Waals surface area contributed by atoms with Gasteiger partial charge in [0.2, 0.25) is 0 Å². The van der Waals surface area contributed by atoms with Crippen LogP contribution in [-0.2, 0) is 9.59 Å². The van der Waals surface area contributed by atoms with E-state index in [2.05, 4.69) is 20.8 Å². The van der Waals surface area contributed by atoms with Crippen LogP contribution in [0.5, 0.6) is 0 Å². The Morgan fingerprint density at radius 1 is 0.833 bits per heavy atom. The van der Waals surface area contributed by atoms with Gasteiger partial charge in [-0.15, -0.1) is 0 Å². The van der Waals surface area contributed by atoms with Gasteiger partial charge in [-0.1, -0.05) is 65.7 Å². The summed E-state index contributed by atoms with van der Waals surface area (Å²) in [5.41, 5.74) is 0. The molecule has 136 valence electrons. The van der Waals surface area contributed by atoms with Crippen molar-refractivity contribution >= 4 is 11.8 Å². The molecular weight excluding hydrogens is 298 g/mol. The molecule has 1 fully saturated rings. The van der Waals surface area contributed by atoms with Gasteiger partial charge in [-0.3, -0.25) is 14.5 Å². The molecule has 4 atom stereocenters. The Morgan fingerprint density at radius 3 is 1.88 bits per heavy atom. The second-order valence-corrected chi connectivity index (χ2v) is 7.70. The lowest BCUT2D eigenvalue weighted by Gasteiger charge is -2.31. The highest BCUT2D eigenvalue weighted by atomic mass is 16.2. The number of rotatable bonds is 10. The molecule has 3 heteroatoms. The van der Waals surface area contributed by atoms with Crippen LogP contribution in [0.3, 0.4) is 0 Å². The molecular formula is C21H35NO2. The van der Waals surface area contributed by atoms with Gasteiger partial charge in [0.15, 0.2) is 0 Å². The standard InChI is InChI=1S/C21H35NO2/c1-4-7-10-16-15-19(22-20(23)13-14-21(22)24)18(12-9-6-3)17(16)11-8-5-2/h13-14,16-19H,4-12,15H2,1-3H3/t16?,17-,18-,19-/m0/s1. The molecule has 0 bridgehead atoms. The molecule has 2 rings (SSSR count). The lowest BCUT2D eigenvalue weighted by Crippen LogP contribution is -2.43. The first-order valence-electron chi connectivity index (χ1n) is 10.2. The first-order valence-corrected chi connectivity index (χ1v) is 10.2. The summed E-state index contributed by atoms with van der Waals surface area (Å²) in [5.74, 6) is 1.71. The molecule has 3 nitrogen and oxygen atoms in total. The maximum Gasteiger partial charge on any atom is 0.253 e. The summed E-state index contributed by atoms with van der Waals surface area (Å²) in [5, 5.41) is 0. The van der Waals surface area contributed by atoms with Gasteiger partial charge in [-0.25, -0.2) is 0 Å². The molecule has 0 saturated heterocycles. The van der Waals surface area contributed by atoms with Crippen LogP contribution in [0.4, 0.5) is 0 Å². The van der Waals surface area contributed by atoms with E-state index in [1.807, 2.05) is 0 Å². The monoisotopic (exact) mass is 333 g/mol. The van der Waals surface area contributed by atoms with Crippen molar-refractivity contribution in [3.63, 3.8) is 0 Å². The predicted octanol–water partition coefficient (Wildman–Crippen LogP) is 5.10. The molecule has 0 aromatic heterocycles. The summed E-state index contributed by atoms with van der Waals surface area (Å²) < 4.78 is 0. The van der Waals surface area contributed by atoms with Gasteiger partial charge in [0.1, 0.15) is 0 Å². The average Bonchev–Trinajstić information content (AvgIpc) is 3.08. The number of amides is 2. The molecule has 1 aliphatic heterocycles. The first-order chi connectivity index (χ1) is 11.6. The third-order valence-electron chi connectivity index (χ3n) is 6.08. The molecule has 1 unspecified atom stereocenters. The molecule has 24 heavy (non-hydrogen) atoms. The molecule has 2 amide bonds. The van der Waals surface area contributed by atoms with Crippen molar-refractivity contribution in [1.29, 1.82) is 0 Å². The van der Waals surface area contributed by atoms with Gasteiger partial charge in [0.05, 0.1) is 0 Å². The lowest BCUT2D eigenvalue weighted by atomic mass is 9.80. The van der Waals surface area contributed by atoms with Crippen LogP contribution in [0.15, 0.2) is 12.2 Å². The Bertz CT molecular complexity index is 439. The van der Waals surface area contributed by atoms with E-state index in [4.69, 9.17) is 0 Å². The van der Waals surface area contributed by atoms with Crippen molar-refractivity contribution < 1.29 is 9.59 Å². The number of unbranched alkanes of at least 4 members (excludes halogenated alkanes) is 3. The Labute approximate surface area is 147 Å².